The minimum Gasteiger partial charge on any atom is -0.396 e. The number of nitrogens with one attached hydrogen (secondary N) is 2. The summed E-state index contributed by atoms with van der Waals surface area (Å²) < 4.78 is 1.99. The number of aliphatic hydroxyl groups excluding tert-OH is 1. The lowest BCUT2D eigenvalue weighted by atomic mass is 9.94. The number of unbranched alkanes of at least 4 members (excludes halogenated alkanes) is 1. The van der Waals surface area contributed by atoms with Crippen molar-refractivity contribution in [3.8, 4) is 0 Å². The highest BCUT2D eigenvalue weighted by molar-refractivity contribution is 5.79. The minimum absolute atomic E-state index is 0.236. The monoisotopic (exact) mass is 338 g/mol. The number of aliphatic hydroxyl groups is 1. The molecule has 0 amide bonds. The van der Waals surface area contributed by atoms with E-state index in [1.54, 1.807) is 12.7 Å². The van der Waals surface area contributed by atoms with Crippen LogP contribution >= 0.6 is 0 Å². The molecule has 0 aliphatic rings. The Morgan fingerprint density at radius 2 is 1.96 bits per heavy atom. The number of rotatable bonds is 12. The molecule has 7 nitrogen and oxygen atoms in total. The first-order valence-electron chi connectivity index (χ1n) is 9.11. The van der Waals surface area contributed by atoms with Crippen molar-refractivity contribution in [1.82, 2.24) is 25.4 Å². The van der Waals surface area contributed by atoms with Gasteiger partial charge in [-0.1, -0.05) is 13.8 Å². The van der Waals surface area contributed by atoms with E-state index in [1.165, 1.54) is 0 Å². The molecular formula is C17H34N6O. The minimum atomic E-state index is 0.236. The quantitative estimate of drug-likeness (QED) is 0.306. The molecule has 0 fully saturated rings. The predicted molar refractivity (Wildman–Crippen MR) is 97.9 cm³/mol. The van der Waals surface area contributed by atoms with Crippen molar-refractivity contribution >= 4 is 5.96 Å². The van der Waals surface area contributed by atoms with Gasteiger partial charge in [-0.05, 0) is 44.4 Å². The number of aromatic nitrogens is 3. The molecule has 1 heterocycles. The molecule has 24 heavy (non-hydrogen) atoms. The molecule has 1 aromatic rings. The highest BCUT2D eigenvalue weighted by Gasteiger charge is 2.10. The Hall–Kier alpha value is -1.63. The maximum Gasteiger partial charge on any atom is 0.191 e. The van der Waals surface area contributed by atoms with Crippen LogP contribution in [0, 0.1) is 11.8 Å². The predicted octanol–water partition coefficient (Wildman–Crippen LogP) is 1.66. The van der Waals surface area contributed by atoms with Gasteiger partial charge in [0.15, 0.2) is 5.96 Å². The molecule has 0 radical (unpaired) electrons. The molecule has 0 saturated heterocycles. The number of aryl methyl sites for hydroxylation is 1. The first kappa shape index (κ1) is 20.4. The SMILES string of the molecule is CCNC(=NCC(CCO)CC(C)C)NCCCCn1cnnc1. The van der Waals surface area contributed by atoms with E-state index in [0.29, 0.717) is 11.8 Å². The Labute approximate surface area is 146 Å². The van der Waals surface area contributed by atoms with Gasteiger partial charge >= 0.3 is 0 Å². The van der Waals surface area contributed by atoms with Crippen LogP contribution in [-0.2, 0) is 6.54 Å². The lowest BCUT2D eigenvalue weighted by Gasteiger charge is -2.17. The Balaban J connectivity index is 2.31. The summed E-state index contributed by atoms with van der Waals surface area (Å²) in [6, 6.07) is 0. The average molecular weight is 339 g/mol. The summed E-state index contributed by atoms with van der Waals surface area (Å²) in [5, 5.41) is 23.5. The molecule has 1 rings (SSSR count). The van der Waals surface area contributed by atoms with Crippen molar-refractivity contribution in [2.45, 2.75) is 53.0 Å². The van der Waals surface area contributed by atoms with Crippen LogP contribution in [0.2, 0.25) is 0 Å². The van der Waals surface area contributed by atoms with Gasteiger partial charge in [0.25, 0.3) is 0 Å². The van der Waals surface area contributed by atoms with E-state index in [1.807, 2.05) is 4.57 Å². The Kier molecular flexibility index (Phi) is 10.8. The van der Waals surface area contributed by atoms with Crippen LogP contribution < -0.4 is 10.6 Å². The Morgan fingerprint density at radius 3 is 2.58 bits per heavy atom. The number of hydrogen-bond donors (Lipinski definition) is 3. The molecule has 0 aromatic carbocycles. The summed E-state index contributed by atoms with van der Waals surface area (Å²) in [4.78, 5) is 4.69. The fourth-order valence-electron chi connectivity index (χ4n) is 2.66. The van der Waals surface area contributed by atoms with E-state index in [0.717, 1.165) is 57.8 Å². The molecule has 1 aromatic heterocycles. The summed E-state index contributed by atoms with van der Waals surface area (Å²) in [5.74, 6) is 1.94. The second kappa shape index (κ2) is 12.8. The van der Waals surface area contributed by atoms with E-state index < -0.39 is 0 Å². The van der Waals surface area contributed by atoms with Gasteiger partial charge in [0, 0.05) is 32.8 Å². The smallest absolute Gasteiger partial charge is 0.191 e. The summed E-state index contributed by atoms with van der Waals surface area (Å²) >= 11 is 0. The molecular weight excluding hydrogens is 304 g/mol. The summed E-state index contributed by atoms with van der Waals surface area (Å²) in [7, 11) is 0. The van der Waals surface area contributed by atoms with E-state index in [-0.39, 0.29) is 6.61 Å². The second-order valence-corrected chi connectivity index (χ2v) is 6.56. The zero-order chi connectivity index (χ0) is 17.6. The zero-order valence-corrected chi connectivity index (χ0v) is 15.4. The van der Waals surface area contributed by atoms with Crippen molar-refractivity contribution in [3.63, 3.8) is 0 Å². The first-order chi connectivity index (χ1) is 11.7. The summed E-state index contributed by atoms with van der Waals surface area (Å²) in [6.07, 6.45) is 7.55. The second-order valence-electron chi connectivity index (χ2n) is 6.56. The van der Waals surface area contributed by atoms with Crippen LogP contribution in [0.3, 0.4) is 0 Å². The van der Waals surface area contributed by atoms with Crippen LogP contribution in [0.4, 0.5) is 0 Å². The van der Waals surface area contributed by atoms with Crippen LogP contribution in [0.25, 0.3) is 0 Å². The third kappa shape index (κ3) is 9.50. The van der Waals surface area contributed by atoms with E-state index in [4.69, 9.17) is 4.99 Å². The number of aliphatic imine (C=N–C) groups is 1. The number of hydrogen-bond acceptors (Lipinski definition) is 4. The van der Waals surface area contributed by atoms with Crippen molar-refractivity contribution < 1.29 is 5.11 Å². The van der Waals surface area contributed by atoms with Gasteiger partial charge < -0.3 is 20.3 Å². The Bertz CT molecular complexity index is 432. The number of guanidine groups is 1. The first-order valence-corrected chi connectivity index (χ1v) is 9.11. The third-order valence-corrected chi connectivity index (χ3v) is 3.80. The van der Waals surface area contributed by atoms with Crippen LogP contribution in [0.15, 0.2) is 17.6 Å². The summed E-state index contributed by atoms with van der Waals surface area (Å²) in [6.45, 7) is 10.2. The van der Waals surface area contributed by atoms with Gasteiger partial charge in [0.2, 0.25) is 0 Å². The van der Waals surface area contributed by atoms with Gasteiger partial charge in [-0.3, -0.25) is 4.99 Å². The molecule has 0 bridgehead atoms. The average Bonchev–Trinajstić information content (AvgIpc) is 3.05. The fourth-order valence-corrected chi connectivity index (χ4v) is 2.66. The molecule has 1 unspecified atom stereocenters. The molecule has 0 saturated carbocycles. The molecule has 0 spiro atoms. The molecule has 7 heteroatoms. The highest BCUT2D eigenvalue weighted by Crippen LogP contribution is 2.15. The topological polar surface area (TPSA) is 87.4 Å². The van der Waals surface area contributed by atoms with Gasteiger partial charge in [-0.15, -0.1) is 10.2 Å². The maximum absolute atomic E-state index is 9.21. The Morgan fingerprint density at radius 1 is 1.21 bits per heavy atom. The van der Waals surface area contributed by atoms with Crippen molar-refractivity contribution in [1.29, 1.82) is 0 Å². The largest absolute Gasteiger partial charge is 0.396 e. The lowest BCUT2D eigenvalue weighted by Crippen LogP contribution is -2.38. The maximum atomic E-state index is 9.21. The van der Waals surface area contributed by atoms with E-state index in [9.17, 15) is 5.11 Å². The van der Waals surface area contributed by atoms with Gasteiger partial charge in [-0.2, -0.15) is 0 Å². The third-order valence-electron chi connectivity index (χ3n) is 3.80. The van der Waals surface area contributed by atoms with Crippen molar-refractivity contribution in [2.75, 3.05) is 26.2 Å². The summed E-state index contributed by atoms with van der Waals surface area (Å²) in [5.41, 5.74) is 0. The van der Waals surface area contributed by atoms with Crippen molar-refractivity contribution in [2.24, 2.45) is 16.8 Å². The standard InChI is InChI=1S/C17H34N6O/c1-4-18-17(20-12-16(7-10-24)11-15(2)3)19-8-5-6-9-23-13-21-22-14-23/h13-16,24H,4-12H2,1-3H3,(H2,18,19,20). The van der Waals surface area contributed by atoms with Crippen LogP contribution in [-0.4, -0.2) is 52.1 Å². The van der Waals surface area contributed by atoms with Gasteiger partial charge in [-0.25, -0.2) is 0 Å². The highest BCUT2D eigenvalue weighted by atomic mass is 16.3. The normalized spacial score (nSPS) is 13.3. The molecule has 138 valence electrons. The molecule has 0 aliphatic carbocycles. The van der Waals surface area contributed by atoms with Crippen LogP contribution in [0.5, 0.6) is 0 Å². The van der Waals surface area contributed by atoms with Gasteiger partial charge in [0.05, 0.1) is 0 Å². The zero-order valence-electron chi connectivity index (χ0n) is 15.4. The molecule has 0 aliphatic heterocycles. The molecule has 1 atom stereocenters. The van der Waals surface area contributed by atoms with Crippen LogP contribution in [0.1, 0.15) is 46.5 Å². The van der Waals surface area contributed by atoms with E-state index in [2.05, 4.69) is 41.6 Å². The molecule has 3 N–H and O–H groups in total. The van der Waals surface area contributed by atoms with Crippen molar-refractivity contribution in [3.05, 3.63) is 12.7 Å². The van der Waals surface area contributed by atoms with Gasteiger partial charge in [0.1, 0.15) is 12.7 Å². The number of nitrogens with zero attached hydrogens (tertiary/aromatic N) is 4. The lowest BCUT2D eigenvalue weighted by molar-refractivity contribution is 0.245. The van der Waals surface area contributed by atoms with E-state index >= 15 is 0 Å². The fraction of sp³-hybridized carbons (Fsp3) is 0.824.